The van der Waals surface area contributed by atoms with Gasteiger partial charge < -0.3 is 102 Å². The number of nitrogens with two attached hydrogens (primary N) is 4. The zero-order chi connectivity index (χ0) is 80.3. The summed E-state index contributed by atoms with van der Waals surface area (Å²) >= 11 is 0. The average Bonchev–Trinajstić information content (AvgIpc) is 1.67. The van der Waals surface area contributed by atoms with Crippen LogP contribution < -0.4 is 86.7 Å². The van der Waals surface area contributed by atoms with E-state index in [1.165, 1.54) is 13.8 Å². The van der Waals surface area contributed by atoms with Crippen molar-refractivity contribution in [2.24, 2.45) is 46.6 Å². The predicted octanol–water partition coefficient (Wildman–Crippen LogP) is -1.44. The number of nitrogens with zero attached hydrogens (tertiary/aromatic N) is 1. The molecule has 0 aromatic rings. The van der Waals surface area contributed by atoms with Gasteiger partial charge in [0.15, 0.2) is 0 Å². The number of nitrogens with one attached hydrogen (secondary N) is 12. The van der Waals surface area contributed by atoms with Crippen molar-refractivity contribution in [1.82, 2.24) is 68.7 Å². The minimum atomic E-state index is -1.73. The third-order valence-electron chi connectivity index (χ3n) is 19.3. The smallest absolute Gasteiger partial charge is 0.245 e. The molecule has 16 atom stereocenters. The minimum Gasteiger partial charge on any atom is -0.394 e. The van der Waals surface area contributed by atoms with E-state index in [2.05, 4.69) is 63.8 Å². The van der Waals surface area contributed by atoms with Crippen molar-refractivity contribution in [1.29, 1.82) is 0 Å². The largest absolute Gasteiger partial charge is 0.394 e. The first kappa shape index (κ1) is 95.9. The molecule has 34 nitrogen and oxygen atoms in total. The number of carbonyl (C=O) groups excluding carboxylic acids is 15. The summed E-state index contributed by atoms with van der Waals surface area (Å²) < 4.78 is 0. The average molecular weight is 1510 g/mol. The van der Waals surface area contributed by atoms with Gasteiger partial charge in [0.25, 0.3) is 0 Å². The van der Waals surface area contributed by atoms with Gasteiger partial charge in [-0.3, -0.25) is 71.9 Å². The third kappa shape index (κ3) is 36.0. The lowest BCUT2D eigenvalue weighted by Crippen LogP contribution is -2.60. The number of likely N-dealkylation sites (tertiary alicyclic amines) is 1. The van der Waals surface area contributed by atoms with E-state index in [0.29, 0.717) is 103 Å². The number of amides is 15. The van der Waals surface area contributed by atoms with Crippen LogP contribution >= 0.6 is 0 Å². The molecule has 106 heavy (non-hydrogen) atoms. The Kier molecular flexibility index (Phi) is 47.0. The van der Waals surface area contributed by atoms with Crippen LogP contribution in [0.5, 0.6) is 0 Å². The normalized spacial score (nSPS) is 17.0. The molecule has 0 unspecified atom stereocenters. The maximum absolute atomic E-state index is 14.3. The summed E-state index contributed by atoms with van der Waals surface area (Å²) in [5, 5.41) is 52.9. The van der Waals surface area contributed by atoms with E-state index < -0.39 is 205 Å². The fourth-order valence-corrected chi connectivity index (χ4v) is 12.1. The van der Waals surface area contributed by atoms with E-state index in [1.807, 2.05) is 27.7 Å². The fourth-order valence-electron chi connectivity index (χ4n) is 12.1. The first-order valence-corrected chi connectivity index (χ1v) is 38.2. The number of aliphatic hydroxyl groups excluding tert-OH is 2. The highest BCUT2D eigenvalue weighted by Crippen LogP contribution is 2.22. The van der Waals surface area contributed by atoms with E-state index in [9.17, 15) is 82.1 Å². The second kappa shape index (κ2) is 52.0. The highest BCUT2D eigenvalue weighted by Gasteiger charge is 2.38. The van der Waals surface area contributed by atoms with E-state index in [1.54, 1.807) is 46.4 Å². The van der Waals surface area contributed by atoms with Gasteiger partial charge in [-0.1, -0.05) is 114 Å². The van der Waals surface area contributed by atoms with Crippen LogP contribution in [0, 0.1) is 23.7 Å². The van der Waals surface area contributed by atoms with Gasteiger partial charge in [0.2, 0.25) is 88.6 Å². The van der Waals surface area contributed by atoms with Crippen molar-refractivity contribution >= 4 is 88.6 Å². The standard InChI is InChI=1S/C72H131N17O17/c1-13-18-25-47(36-58(95)79-50(28-20-22-32-73)65(99)82-49(64(76)98)27-19-14-2)78-68(102)54(39-90)85-71(105)62(43(9)16-4)86-57(94)35-45(11)77-70(104)61(41(6)7)87-69(103)55(40-91)84-66(100)52(30-31-56(75)93)81-60(97)38-53(42(8)15-3)83-72(106)63(44(10)17-5)88-67(101)51(29-21-23-33-74)80-59(96)37-48-26-24-34-89(48)46(12)92/h41-45,47-55,61-63,90-91H,13-40,73-74H2,1-12H3,(H2,75,93)(H2,76,98)(H,77,104)(H,78,102)(H,79,95)(H,80,96)(H,81,97)(H,82,99)(H,83,106)(H,84,100)(H,85,105)(H,86,94)(H,87,103)(H,88,101)/t42-,43-,44-,45-,47-,48-,49-,50-,51-,52-,53-,54+,55+,61-,62-,63-/m0/s1. The molecular weight excluding hydrogens is 1370 g/mol. The number of rotatable bonds is 55. The van der Waals surface area contributed by atoms with E-state index in [4.69, 9.17) is 22.9 Å². The monoisotopic (exact) mass is 1510 g/mol. The van der Waals surface area contributed by atoms with Gasteiger partial charge >= 0.3 is 0 Å². The van der Waals surface area contributed by atoms with Gasteiger partial charge in [0, 0.05) is 69.7 Å². The molecule has 0 spiro atoms. The Morgan fingerprint density at radius 1 is 0.425 bits per heavy atom. The highest BCUT2D eigenvalue weighted by molar-refractivity contribution is 5.97. The van der Waals surface area contributed by atoms with E-state index >= 15 is 0 Å². The predicted molar refractivity (Wildman–Crippen MR) is 398 cm³/mol. The van der Waals surface area contributed by atoms with Crippen LogP contribution in [0.15, 0.2) is 0 Å². The first-order chi connectivity index (χ1) is 50.1. The molecular formula is C72H131N17O17. The molecule has 1 heterocycles. The lowest BCUT2D eigenvalue weighted by molar-refractivity contribution is -0.136. The van der Waals surface area contributed by atoms with Crippen molar-refractivity contribution in [3.63, 3.8) is 0 Å². The van der Waals surface area contributed by atoms with Crippen LogP contribution in [0.2, 0.25) is 0 Å². The number of hydrogen-bond acceptors (Lipinski definition) is 19. The first-order valence-electron chi connectivity index (χ1n) is 38.2. The molecule has 0 radical (unpaired) electrons. The Labute approximate surface area is 625 Å². The third-order valence-corrected chi connectivity index (χ3v) is 19.3. The Bertz CT molecular complexity index is 2840. The van der Waals surface area contributed by atoms with Crippen LogP contribution in [0.25, 0.3) is 0 Å². The zero-order valence-electron chi connectivity index (χ0n) is 64.9. The van der Waals surface area contributed by atoms with Gasteiger partial charge in [-0.2, -0.15) is 0 Å². The van der Waals surface area contributed by atoms with Crippen LogP contribution in [-0.2, 0) is 71.9 Å². The topological polar surface area (TPSA) is 548 Å². The quantitative estimate of drug-likeness (QED) is 0.0310. The summed E-state index contributed by atoms with van der Waals surface area (Å²) in [5.41, 5.74) is 22.5. The second-order valence-electron chi connectivity index (χ2n) is 28.6. The van der Waals surface area contributed by atoms with Gasteiger partial charge in [0.05, 0.1) is 13.2 Å². The molecule has 0 aliphatic carbocycles. The van der Waals surface area contributed by atoms with Crippen LogP contribution in [-0.4, -0.2) is 215 Å². The number of hydrogen-bond donors (Lipinski definition) is 18. The van der Waals surface area contributed by atoms with Gasteiger partial charge in [-0.25, -0.2) is 0 Å². The van der Waals surface area contributed by atoms with E-state index in [-0.39, 0.29) is 50.0 Å². The molecule has 606 valence electrons. The number of primary amides is 2. The molecule has 34 heteroatoms. The Morgan fingerprint density at radius 2 is 0.849 bits per heavy atom. The molecule has 22 N–H and O–H groups in total. The lowest BCUT2D eigenvalue weighted by Gasteiger charge is -2.31. The SMILES string of the molecule is CCCC[C@@H](CC(=O)N[C@@H](CCCCN)C(=O)N[C@@H](CCCC)C(N)=O)NC(=O)[C@@H](CO)NC(=O)[C@@H](NC(=O)C[C@H](C)NC(=O)[C@@H](NC(=O)[C@@H](CO)NC(=O)[C@H](CCC(N)=O)NC(=O)C[C@H](NC(=O)[C@@H](NC(=O)[C@H](CCCCN)NC(=O)C[C@@H]1CCCN1C(C)=O)[C@@H](C)CC)[C@@H](C)CC)C(C)C)[C@@H](C)CC. The number of unbranched alkanes of at least 4 members (excludes halogenated alkanes) is 4. The Balaban J connectivity index is 3.24. The van der Waals surface area contributed by atoms with Crippen molar-refractivity contribution in [3.05, 3.63) is 0 Å². The molecule has 0 bridgehead atoms. The van der Waals surface area contributed by atoms with Gasteiger partial charge in [-0.05, 0) is 114 Å². The Morgan fingerprint density at radius 3 is 1.34 bits per heavy atom. The van der Waals surface area contributed by atoms with Crippen LogP contribution in [0.1, 0.15) is 231 Å². The van der Waals surface area contributed by atoms with Crippen LogP contribution in [0.4, 0.5) is 0 Å². The summed E-state index contributed by atoms with van der Waals surface area (Å²) in [6.07, 6.45) is 6.45. The molecule has 0 saturated carbocycles. The number of aliphatic hydroxyl groups is 2. The number of carbonyl (C=O) groups is 15. The van der Waals surface area contributed by atoms with Crippen molar-refractivity contribution in [3.8, 4) is 0 Å². The second-order valence-corrected chi connectivity index (χ2v) is 28.6. The molecule has 1 saturated heterocycles. The summed E-state index contributed by atoms with van der Waals surface area (Å²) in [5.74, 6) is -12.6. The molecule has 1 aliphatic heterocycles. The van der Waals surface area contributed by atoms with Crippen molar-refractivity contribution in [2.45, 2.75) is 309 Å². The summed E-state index contributed by atoms with van der Waals surface area (Å²) in [6, 6.07) is -14.6. The summed E-state index contributed by atoms with van der Waals surface area (Å²) in [6.45, 7) is 19.9. The molecule has 0 aromatic heterocycles. The minimum absolute atomic E-state index is 0.00858. The fraction of sp³-hybridized carbons (Fsp3) is 0.792. The van der Waals surface area contributed by atoms with Gasteiger partial charge in [0.1, 0.15) is 54.4 Å². The maximum atomic E-state index is 14.3. The van der Waals surface area contributed by atoms with Crippen LogP contribution in [0.3, 0.4) is 0 Å². The highest BCUT2D eigenvalue weighted by atomic mass is 16.3. The van der Waals surface area contributed by atoms with Gasteiger partial charge in [-0.15, -0.1) is 0 Å². The molecule has 1 rings (SSSR count). The molecule has 1 aliphatic rings. The molecule has 0 aromatic carbocycles. The van der Waals surface area contributed by atoms with Crippen molar-refractivity contribution < 1.29 is 82.1 Å². The van der Waals surface area contributed by atoms with Crippen molar-refractivity contribution in [2.75, 3.05) is 32.8 Å². The molecule has 1 fully saturated rings. The Hall–Kier alpha value is -8.11. The summed E-state index contributed by atoms with van der Waals surface area (Å²) in [4.78, 5) is 204. The molecule has 15 amide bonds. The van der Waals surface area contributed by atoms with E-state index in [0.717, 1.165) is 12.8 Å². The lowest BCUT2D eigenvalue weighted by atomic mass is 9.93. The zero-order valence-corrected chi connectivity index (χ0v) is 64.9. The summed E-state index contributed by atoms with van der Waals surface area (Å²) in [7, 11) is 0. The maximum Gasteiger partial charge on any atom is 0.245 e.